The topological polar surface area (TPSA) is 100 Å². The molecule has 0 amide bonds. The van der Waals surface area contributed by atoms with Crippen molar-refractivity contribution in [1.82, 2.24) is 9.97 Å². The summed E-state index contributed by atoms with van der Waals surface area (Å²) < 4.78 is 0. The second-order valence-corrected chi connectivity index (χ2v) is 1.86. The van der Waals surface area contributed by atoms with E-state index in [1.807, 2.05) is 0 Å². The summed E-state index contributed by atoms with van der Waals surface area (Å²) in [7, 11) is 0. The van der Waals surface area contributed by atoms with Crippen LogP contribution in [0.4, 0.5) is 0 Å². The predicted octanol–water partition coefficient (Wildman–Crippen LogP) is -1.42. The van der Waals surface area contributed by atoms with E-state index in [4.69, 9.17) is 10.2 Å². The molecular formula is C6H6N2Na2O4. The Labute approximate surface area is 123 Å². The van der Waals surface area contributed by atoms with Crippen LogP contribution in [-0.2, 0) is 0 Å². The average molecular weight is 216 g/mol. The van der Waals surface area contributed by atoms with Crippen molar-refractivity contribution in [2.24, 2.45) is 0 Å². The molecule has 0 fully saturated rings. The molecule has 6 nitrogen and oxygen atoms in total. The van der Waals surface area contributed by atoms with E-state index in [9.17, 15) is 9.59 Å². The number of nitrogens with zero attached hydrogens (tertiary/aromatic N) is 2. The van der Waals surface area contributed by atoms with Gasteiger partial charge in [0.05, 0.1) is 0 Å². The van der Waals surface area contributed by atoms with Crippen molar-refractivity contribution in [3.05, 3.63) is 23.8 Å². The Morgan fingerprint density at radius 1 is 0.929 bits per heavy atom. The standard InChI is InChI=1S/C6H4N2O4.2Na.2H/c9-5(10)3-4(6(11)12)8-2-1-7-3;;;;/h1-2H,(H,9,10)(H,11,12);;;;. The molecule has 0 saturated carbocycles. The number of carbonyl (C=O) groups is 2. The Bertz CT molecular complexity index is 311. The van der Waals surface area contributed by atoms with E-state index in [0.29, 0.717) is 0 Å². The number of carboxylic acids is 2. The van der Waals surface area contributed by atoms with Crippen LogP contribution in [0.5, 0.6) is 0 Å². The molecule has 0 bridgehead atoms. The molecule has 1 rings (SSSR count). The van der Waals surface area contributed by atoms with Gasteiger partial charge in [0.25, 0.3) is 0 Å². The van der Waals surface area contributed by atoms with Crippen LogP contribution in [0.15, 0.2) is 12.4 Å². The SMILES string of the molecule is O=C(O)c1nccnc1C(=O)O.[NaH].[NaH]. The molecule has 0 saturated heterocycles. The van der Waals surface area contributed by atoms with Gasteiger partial charge in [0.1, 0.15) is 0 Å². The summed E-state index contributed by atoms with van der Waals surface area (Å²) in [5.74, 6) is -2.80. The minimum absolute atomic E-state index is 0. The Kier molecular flexibility index (Phi) is 8.61. The number of hydrogen-bond acceptors (Lipinski definition) is 4. The van der Waals surface area contributed by atoms with E-state index < -0.39 is 23.3 Å². The summed E-state index contributed by atoms with van der Waals surface area (Å²) in [5, 5.41) is 16.9. The summed E-state index contributed by atoms with van der Waals surface area (Å²) in [4.78, 5) is 27.4. The zero-order valence-corrected chi connectivity index (χ0v) is 5.76. The fraction of sp³-hybridized carbons (Fsp3) is 0. The molecule has 8 heteroatoms. The average Bonchev–Trinajstić information content (AvgIpc) is 2.04. The van der Waals surface area contributed by atoms with E-state index in [-0.39, 0.29) is 59.1 Å². The van der Waals surface area contributed by atoms with Crippen molar-refractivity contribution >= 4 is 71.1 Å². The van der Waals surface area contributed by atoms with Gasteiger partial charge in [0.15, 0.2) is 11.4 Å². The first kappa shape index (κ1) is 16.4. The monoisotopic (exact) mass is 216 g/mol. The molecule has 14 heavy (non-hydrogen) atoms. The van der Waals surface area contributed by atoms with Gasteiger partial charge in [-0.15, -0.1) is 0 Å². The van der Waals surface area contributed by atoms with Gasteiger partial charge in [-0.25, -0.2) is 19.6 Å². The van der Waals surface area contributed by atoms with Gasteiger partial charge >= 0.3 is 71.1 Å². The molecule has 0 aliphatic heterocycles. The third kappa shape index (κ3) is 4.04. The van der Waals surface area contributed by atoms with Crippen LogP contribution in [0, 0.1) is 0 Å². The van der Waals surface area contributed by atoms with Gasteiger partial charge in [0.2, 0.25) is 0 Å². The van der Waals surface area contributed by atoms with Crippen LogP contribution < -0.4 is 0 Å². The molecule has 2 N–H and O–H groups in total. The van der Waals surface area contributed by atoms with Crippen LogP contribution in [0.1, 0.15) is 21.0 Å². The summed E-state index contributed by atoms with van der Waals surface area (Å²) in [6.07, 6.45) is 2.24. The van der Waals surface area contributed by atoms with Crippen LogP contribution in [0.3, 0.4) is 0 Å². The first-order chi connectivity index (χ1) is 5.63. The number of aromatic nitrogens is 2. The van der Waals surface area contributed by atoms with Gasteiger partial charge in [-0.3, -0.25) is 0 Å². The zero-order chi connectivity index (χ0) is 9.14. The fourth-order valence-corrected chi connectivity index (χ4v) is 0.651. The molecule has 66 valence electrons. The van der Waals surface area contributed by atoms with Crippen LogP contribution in [-0.4, -0.2) is 91.2 Å². The molecule has 1 aromatic rings. The van der Waals surface area contributed by atoms with Crippen LogP contribution in [0.2, 0.25) is 0 Å². The van der Waals surface area contributed by atoms with Crippen molar-refractivity contribution < 1.29 is 19.8 Å². The summed E-state index contributed by atoms with van der Waals surface area (Å²) in [6.45, 7) is 0. The Morgan fingerprint density at radius 2 is 1.21 bits per heavy atom. The normalized spacial score (nSPS) is 8.00. The fourth-order valence-electron chi connectivity index (χ4n) is 0.651. The molecule has 0 aliphatic rings. The van der Waals surface area contributed by atoms with Gasteiger partial charge in [-0.1, -0.05) is 0 Å². The molecule has 1 aromatic heterocycles. The van der Waals surface area contributed by atoms with Crippen molar-refractivity contribution in [3.63, 3.8) is 0 Å². The van der Waals surface area contributed by atoms with Gasteiger partial charge in [-0.05, 0) is 0 Å². The van der Waals surface area contributed by atoms with E-state index in [2.05, 4.69) is 9.97 Å². The Morgan fingerprint density at radius 3 is 1.43 bits per heavy atom. The number of hydrogen-bond donors (Lipinski definition) is 2. The Hall–Kier alpha value is 0.0200. The van der Waals surface area contributed by atoms with Crippen LogP contribution >= 0.6 is 0 Å². The number of carboxylic acid groups (broad SMARTS) is 2. The maximum absolute atomic E-state index is 10.4. The minimum atomic E-state index is -1.40. The number of rotatable bonds is 2. The molecule has 0 aromatic carbocycles. The molecular weight excluding hydrogens is 210 g/mol. The summed E-state index contributed by atoms with van der Waals surface area (Å²) in [6, 6.07) is 0. The van der Waals surface area contributed by atoms with Crippen molar-refractivity contribution in [2.45, 2.75) is 0 Å². The van der Waals surface area contributed by atoms with Crippen molar-refractivity contribution in [3.8, 4) is 0 Å². The van der Waals surface area contributed by atoms with E-state index in [0.717, 1.165) is 12.4 Å². The molecule has 0 spiro atoms. The second kappa shape index (κ2) is 7.33. The quantitative estimate of drug-likeness (QED) is 0.588. The molecule has 1 heterocycles. The maximum atomic E-state index is 10.4. The molecule has 0 atom stereocenters. The summed E-state index contributed by atoms with van der Waals surface area (Å²) in [5.41, 5.74) is -1.10. The first-order valence-electron chi connectivity index (χ1n) is 2.90. The molecule has 0 unspecified atom stereocenters. The third-order valence-corrected chi connectivity index (χ3v) is 1.10. The van der Waals surface area contributed by atoms with Crippen molar-refractivity contribution in [1.29, 1.82) is 0 Å². The van der Waals surface area contributed by atoms with Gasteiger partial charge in [-0.2, -0.15) is 0 Å². The third-order valence-electron chi connectivity index (χ3n) is 1.10. The van der Waals surface area contributed by atoms with E-state index in [1.54, 1.807) is 0 Å². The molecule has 0 radical (unpaired) electrons. The predicted molar refractivity (Wildman–Crippen MR) is 50.2 cm³/mol. The van der Waals surface area contributed by atoms with Crippen LogP contribution in [0.25, 0.3) is 0 Å². The zero-order valence-electron chi connectivity index (χ0n) is 5.76. The summed E-state index contributed by atoms with van der Waals surface area (Å²) >= 11 is 0. The second-order valence-electron chi connectivity index (χ2n) is 1.86. The Balaban J connectivity index is 0. The van der Waals surface area contributed by atoms with E-state index in [1.165, 1.54) is 0 Å². The number of aromatic carboxylic acids is 2. The van der Waals surface area contributed by atoms with E-state index >= 15 is 0 Å². The molecule has 0 aliphatic carbocycles. The first-order valence-corrected chi connectivity index (χ1v) is 2.90. The van der Waals surface area contributed by atoms with Crippen molar-refractivity contribution in [2.75, 3.05) is 0 Å². The van der Waals surface area contributed by atoms with Gasteiger partial charge < -0.3 is 10.2 Å². The van der Waals surface area contributed by atoms with Gasteiger partial charge in [0, 0.05) is 12.4 Å².